The van der Waals surface area contributed by atoms with Crippen LogP contribution in [0.25, 0.3) is 0 Å². The fourth-order valence-corrected chi connectivity index (χ4v) is 2.61. The number of benzene rings is 2. The Hall–Kier alpha value is -1.19. The molecule has 2 aromatic carbocycles. The van der Waals surface area contributed by atoms with Gasteiger partial charge in [0.05, 0.1) is 0 Å². The Morgan fingerprint density at radius 2 is 1.82 bits per heavy atom. The van der Waals surface area contributed by atoms with E-state index in [-0.39, 0.29) is 5.78 Å². The average molecular weight is 260 g/mol. The van der Waals surface area contributed by atoms with Gasteiger partial charge in [0.15, 0.2) is 5.78 Å². The summed E-state index contributed by atoms with van der Waals surface area (Å²) in [4.78, 5) is 14.4. The number of thiol groups is 1. The maximum absolute atomic E-state index is 11.3. The van der Waals surface area contributed by atoms with Crippen molar-refractivity contribution >= 4 is 30.2 Å². The summed E-state index contributed by atoms with van der Waals surface area (Å²) in [7, 11) is 0. The van der Waals surface area contributed by atoms with E-state index >= 15 is 0 Å². The summed E-state index contributed by atoms with van der Waals surface area (Å²) in [6.07, 6.45) is 0. The summed E-state index contributed by atoms with van der Waals surface area (Å²) in [6.45, 7) is 1.57. The third-order valence-electron chi connectivity index (χ3n) is 2.34. The molecule has 2 aromatic rings. The summed E-state index contributed by atoms with van der Waals surface area (Å²) >= 11 is 6.03. The second kappa shape index (κ2) is 5.43. The van der Waals surface area contributed by atoms with Gasteiger partial charge in [0.2, 0.25) is 0 Å². The zero-order valence-corrected chi connectivity index (χ0v) is 11.1. The van der Waals surface area contributed by atoms with Crippen LogP contribution in [0.1, 0.15) is 17.3 Å². The van der Waals surface area contributed by atoms with E-state index in [1.54, 1.807) is 24.8 Å². The molecule has 0 saturated carbocycles. The molecule has 86 valence electrons. The molecule has 2 rings (SSSR count). The van der Waals surface area contributed by atoms with Crippen LogP contribution in [0.5, 0.6) is 0 Å². The number of carbonyl (C=O) groups excluding carboxylic acids is 1. The highest BCUT2D eigenvalue weighted by Crippen LogP contribution is 2.32. The highest BCUT2D eigenvalue weighted by atomic mass is 32.2. The van der Waals surface area contributed by atoms with Gasteiger partial charge in [-0.2, -0.15) is 0 Å². The number of Topliss-reactive ketones (excluding diaryl/α,β-unsaturated/α-hetero) is 1. The summed E-state index contributed by atoms with van der Waals surface area (Å²) in [5.74, 6) is 0.0771. The molecule has 0 amide bonds. The molecular formula is C14H12OS2. The van der Waals surface area contributed by atoms with Crippen molar-refractivity contribution in [2.24, 2.45) is 0 Å². The first kappa shape index (κ1) is 12.3. The first-order chi connectivity index (χ1) is 8.16. The first-order valence-corrected chi connectivity index (χ1v) is 6.50. The molecule has 0 spiro atoms. The molecule has 0 unspecified atom stereocenters. The van der Waals surface area contributed by atoms with Crippen molar-refractivity contribution < 1.29 is 4.79 Å². The highest BCUT2D eigenvalue weighted by Gasteiger charge is 2.05. The SMILES string of the molecule is CC(=O)c1ccc(S)c(Sc2ccccc2)c1. The predicted molar refractivity (Wildman–Crippen MR) is 74.3 cm³/mol. The minimum Gasteiger partial charge on any atom is -0.295 e. The quantitative estimate of drug-likeness (QED) is 0.653. The van der Waals surface area contributed by atoms with Crippen molar-refractivity contribution in [2.75, 3.05) is 0 Å². The van der Waals surface area contributed by atoms with Crippen LogP contribution in [0, 0.1) is 0 Å². The van der Waals surface area contributed by atoms with Gasteiger partial charge in [-0.15, -0.1) is 12.6 Å². The van der Waals surface area contributed by atoms with Gasteiger partial charge in [-0.1, -0.05) is 36.0 Å². The fraction of sp³-hybridized carbons (Fsp3) is 0.0714. The van der Waals surface area contributed by atoms with E-state index < -0.39 is 0 Å². The second-order valence-electron chi connectivity index (χ2n) is 3.65. The lowest BCUT2D eigenvalue weighted by atomic mass is 10.1. The molecule has 0 bridgehead atoms. The summed E-state index contributed by atoms with van der Waals surface area (Å²) in [6, 6.07) is 15.6. The summed E-state index contributed by atoms with van der Waals surface area (Å²) in [5, 5.41) is 0. The highest BCUT2D eigenvalue weighted by molar-refractivity contribution is 7.99. The van der Waals surface area contributed by atoms with Crippen molar-refractivity contribution in [1.29, 1.82) is 0 Å². The monoisotopic (exact) mass is 260 g/mol. The Kier molecular flexibility index (Phi) is 3.92. The molecule has 0 saturated heterocycles. The van der Waals surface area contributed by atoms with Gasteiger partial charge in [0.25, 0.3) is 0 Å². The maximum Gasteiger partial charge on any atom is 0.159 e. The minimum absolute atomic E-state index is 0.0771. The molecule has 0 aromatic heterocycles. The number of hydrogen-bond acceptors (Lipinski definition) is 3. The number of carbonyl (C=O) groups is 1. The Morgan fingerprint density at radius 3 is 2.47 bits per heavy atom. The van der Waals surface area contributed by atoms with Crippen molar-refractivity contribution in [3.63, 3.8) is 0 Å². The molecule has 0 atom stereocenters. The topological polar surface area (TPSA) is 17.1 Å². The van der Waals surface area contributed by atoms with Crippen LogP contribution in [-0.2, 0) is 0 Å². The van der Waals surface area contributed by atoms with Gasteiger partial charge in [-0.25, -0.2) is 0 Å². The molecule has 3 heteroatoms. The Morgan fingerprint density at radius 1 is 1.12 bits per heavy atom. The normalized spacial score (nSPS) is 10.2. The number of hydrogen-bond donors (Lipinski definition) is 1. The van der Waals surface area contributed by atoms with Crippen LogP contribution in [0.15, 0.2) is 63.2 Å². The molecule has 0 heterocycles. The van der Waals surface area contributed by atoms with E-state index in [2.05, 4.69) is 12.6 Å². The van der Waals surface area contributed by atoms with E-state index in [0.717, 1.165) is 20.2 Å². The van der Waals surface area contributed by atoms with Gasteiger partial charge in [-0.05, 0) is 31.2 Å². The summed E-state index contributed by atoms with van der Waals surface area (Å²) < 4.78 is 0. The largest absolute Gasteiger partial charge is 0.295 e. The van der Waals surface area contributed by atoms with Gasteiger partial charge in [0.1, 0.15) is 0 Å². The third kappa shape index (κ3) is 3.14. The Labute approximate surface area is 111 Å². The average Bonchev–Trinajstić information content (AvgIpc) is 2.33. The zero-order chi connectivity index (χ0) is 12.3. The molecule has 1 nitrogen and oxygen atoms in total. The van der Waals surface area contributed by atoms with Gasteiger partial charge in [0, 0.05) is 20.2 Å². The predicted octanol–water partition coefficient (Wildman–Crippen LogP) is 4.33. The van der Waals surface area contributed by atoms with Crippen molar-refractivity contribution in [1.82, 2.24) is 0 Å². The van der Waals surface area contributed by atoms with Crippen molar-refractivity contribution in [2.45, 2.75) is 21.6 Å². The van der Waals surface area contributed by atoms with E-state index in [9.17, 15) is 4.79 Å². The molecular weight excluding hydrogens is 248 g/mol. The first-order valence-electron chi connectivity index (χ1n) is 5.23. The van der Waals surface area contributed by atoms with Gasteiger partial charge in [-0.3, -0.25) is 4.79 Å². The molecule has 0 aliphatic rings. The van der Waals surface area contributed by atoms with Gasteiger partial charge >= 0.3 is 0 Å². The lowest BCUT2D eigenvalue weighted by Gasteiger charge is -2.06. The van der Waals surface area contributed by atoms with Crippen LogP contribution >= 0.6 is 24.4 Å². The lowest BCUT2D eigenvalue weighted by molar-refractivity contribution is 0.101. The van der Waals surface area contributed by atoms with Crippen LogP contribution in [0.3, 0.4) is 0 Å². The third-order valence-corrected chi connectivity index (χ3v) is 3.94. The van der Waals surface area contributed by atoms with Crippen LogP contribution < -0.4 is 0 Å². The lowest BCUT2D eigenvalue weighted by Crippen LogP contribution is -1.92. The number of ketones is 1. The molecule has 17 heavy (non-hydrogen) atoms. The van der Waals surface area contributed by atoms with Crippen molar-refractivity contribution in [3.8, 4) is 0 Å². The molecule has 0 fully saturated rings. The molecule has 0 aliphatic heterocycles. The molecule has 0 radical (unpaired) electrons. The van der Waals surface area contributed by atoms with Crippen LogP contribution in [0.2, 0.25) is 0 Å². The molecule has 0 aliphatic carbocycles. The van der Waals surface area contributed by atoms with E-state index in [0.29, 0.717) is 0 Å². The van der Waals surface area contributed by atoms with E-state index in [1.807, 2.05) is 42.5 Å². The summed E-state index contributed by atoms with van der Waals surface area (Å²) in [5.41, 5.74) is 0.723. The van der Waals surface area contributed by atoms with Crippen molar-refractivity contribution in [3.05, 3.63) is 54.1 Å². The van der Waals surface area contributed by atoms with E-state index in [4.69, 9.17) is 0 Å². The minimum atomic E-state index is 0.0771. The standard InChI is InChI=1S/C14H12OS2/c1-10(15)11-7-8-13(16)14(9-11)17-12-5-3-2-4-6-12/h2-9,16H,1H3. The smallest absolute Gasteiger partial charge is 0.159 e. The van der Waals surface area contributed by atoms with Gasteiger partial charge < -0.3 is 0 Å². The second-order valence-corrected chi connectivity index (χ2v) is 5.25. The Balaban J connectivity index is 2.32. The Bertz CT molecular complexity index is 535. The van der Waals surface area contributed by atoms with Crippen LogP contribution in [-0.4, -0.2) is 5.78 Å². The molecule has 0 N–H and O–H groups in total. The maximum atomic E-state index is 11.3. The number of rotatable bonds is 3. The van der Waals surface area contributed by atoms with E-state index in [1.165, 1.54) is 0 Å². The zero-order valence-electron chi connectivity index (χ0n) is 9.38. The fourth-order valence-electron chi connectivity index (χ4n) is 1.43. The van der Waals surface area contributed by atoms with Crippen LogP contribution in [0.4, 0.5) is 0 Å².